The number of nitrogens with zero attached hydrogens (tertiary/aromatic N) is 1. The molecule has 3 aromatic rings. The van der Waals surface area contributed by atoms with Crippen molar-refractivity contribution in [2.75, 3.05) is 0 Å². The maximum atomic E-state index is 4.84. The molecule has 1 radical (unpaired) electrons. The number of fused-ring (bicyclic) bond motifs is 1. The number of oxazole rings is 1. The van der Waals surface area contributed by atoms with E-state index in [4.69, 9.17) is 4.42 Å². The Morgan fingerprint density at radius 1 is 1.29 bits per heavy atom. The predicted octanol–water partition coefficient (Wildman–Crippen LogP) is 2.62. The normalized spacial score (nSPS) is 10.9. The number of para-hydroxylation sites is 1. The number of benzene rings is 1. The highest BCUT2D eigenvalue weighted by atomic mass is 16.3. The molecular weight excluding hydrogens is 176 g/mol. The summed E-state index contributed by atoms with van der Waals surface area (Å²) < 4.78 is 4.84. The largest absolute Gasteiger partial charge is 0.440 e. The molecule has 2 aromatic heterocycles. The molecule has 0 aliphatic rings. The molecule has 0 atom stereocenters. The first-order chi connectivity index (χ1) is 6.95. The Morgan fingerprint density at radius 2 is 2.21 bits per heavy atom. The van der Waals surface area contributed by atoms with E-state index < -0.39 is 0 Å². The van der Waals surface area contributed by atoms with Gasteiger partial charge in [0.25, 0.3) is 6.39 Å². The van der Waals surface area contributed by atoms with Gasteiger partial charge < -0.3 is 9.40 Å². The van der Waals surface area contributed by atoms with E-state index >= 15 is 0 Å². The van der Waals surface area contributed by atoms with Crippen LogP contribution in [0, 0.1) is 6.39 Å². The Labute approximate surface area is 80.4 Å². The van der Waals surface area contributed by atoms with Crippen LogP contribution in [0.1, 0.15) is 0 Å². The molecule has 0 spiro atoms. The summed E-state index contributed by atoms with van der Waals surface area (Å²) in [6, 6.07) is 8.08. The standard InChI is InChI=1S/C11H7N2O/c1-2-4-10-8(3-1)9(5-12-10)11-6-14-7-13-11/h1-6,12H. The first kappa shape index (κ1) is 7.38. The van der Waals surface area contributed by atoms with Gasteiger partial charge in [0.1, 0.15) is 12.0 Å². The molecule has 1 N–H and O–H groups in total. The van der Waals surface area contributed by atoms with Crippen LogP contribution in [0.2, 0.25) is 0 Å². The summed E-state index contributed by atoms with van der Waals surface area (Å²) in [4.78, 5) is 7.18. The van der Waals surface area contributed by atoms with Gasteiger partial charge in [-0.15, -0.1) is 0 Å². The maximum Gasteiger partial charge on any atom is 0.284 e. The van der Waals surface area contributed by atoms with Gasteiger partial charge >= 0.3 is 0 Å². The van der Waals surface area contributed by atoms with Crippen molar-refractivity contribution in [1.82, 2.24) is 9.97 Å². The van der Waals surface area contributed by atoms with Gasteiger partial charge in [0.15, 0.2) is 0 Å². The second kappa shape index (κ2) is 2.73. The van der Waals surface area contributed by atoms with Crippen molar-refractivity contribution >= 4 is 10.9 Å². The molecule has 3 rings (SSSR count). The fourth-order valence-corrected chi connectivity index (χ4v) is 1.59. The molecule has 14 heavy (non-hydrogen) atoms. The number of H-pyrrole nitrogens is 1. The minimum Gasteiger partial charge on any atom is -0.440 e. The lowest BCUT2D eigenvalue weighted by molar-refractivity contribution is 0.548. The molecule has 0 unspecified atom stereocenters. The molecule has 1 aromatic carbocycles. The SMILES string of the molecule is [c]1nc(-c2c[nH]c3ccccc23)co1. The second-order valence-electron chi connectivity index (χ2n) is 3.07. The highest BCUT2D eigenvalue weighted by molar-refractivity contribution is 5.94. The first-order valence-electron chi connectivity index (χ1n) is 4.33. The molecule has 67 valence electrons. The van der Waals surface area contributed by atoms with Gasteiger partial charge in [-0.3, -0.25) is 0 Å². The number of hydrogen-bond acceptors (Lipinski definition) is 2. The van der Waals surface area contributed by atoms with E-state index in [1.54, 1.807) is 6.26 Å². The zero-order chi connectivity index (χ0) is 9.38. The summed E-state index contributed by atoms with van der Waals surface area (Å²) in [6.45, 7) is 0. The van der Waals surface area contributed by atoms with Crippen LogP contribution >= 0.6 is 0 Å². The minimum absolute atomic E-state index is 0.808. The molecule has 0 aliphatic heterocycles. The van der Waals surface area contributed by atoms with Crippen LogP contribution in [0.3, 0.4) is 0 Å². The smallest absolute Gasteiger partial charge is 0.284 e. The number of rotatable bonds is 1. The van der Waals surface area contributed by atoms with E-state index in [-0.39, 0.29) is 0 Å². The molecule has 0 bridgehead atoms. The van der Waals surface area contributed by atoms with Crippen molar-refractivity contribution in [3.05, 3.63) is 43.1 Å². The first-order valence-corrected chi connectivity index (χ1v) is 4.33. The molecule has 0 amide bonds. The van der Waals surface area contributed by atoms with Crippen LogP contribution in [0.4, 0.5) is 0 Å². The van der Waals surface area contributed by atoms with Gasteiger partial charge in [0.05, 0.1) is 0 Å². The topological polar surface area (TPSA) is 41.8 Å². The third kappa shape index (κ3) is 0.956. The van der Waals surface area contributed by atoms with Crippen molar-refractivity contribution in [2.24, 2.45) is 0 Å². The number of aromatic amines is 1. The summed E-state index contributed by atoms with van der Waals surface area (Å²) in [5.74, 6) is 0. The van der Waals surface area contributed by atoms with Gasteiger partial charge in [-0.2, -0.15) is 0 Å². The molecule has 0 aliphatic carbocycles. The van der Waals surface area contributed by atoms with Crippen LogP contribution in [0.25, 0.3) is 22.2 Å². The van der Waals surface area contributed by atoms with Crippen LogP contribution < -0.4 is 0 Å². The van der Waals surface area contributed by atoms with Crippen LogP contribution in [-0.4, -0.2) is 9.97 Å². The highest BCUT2D eigenvalue weighted by Crippen LogP contribution is 2.26. The van der Waals surface area contributed by atoms with Gasteiger partial charge in [0.2, 0.25) is 0 Å². The van der Waals surface area contributed by atoms with Crippen LogP contribution in [-0.2, 0) is 0 Å². The quantitative estimate of drug-likeness (QED) is 0.630. The fraction of sp³-hybridized carbons (Fsp3) is 0. The summed E-state index contributed by atoms with van der Waals surface area (Å²) in [7, 11) is 0. The van der Waals surface area contributed by atoms with E-state index in [1.165, 1.54) is 0 Å². The minimum atomic E-state index is 0.808. The average molecular weight is 183 g/mol. The number of nitrogens with one attached hydrogen (secondary N) is 1. The Kier molecular flexibility index (Phi) is 1.44. The summed E-state index contributed by atoms with van der Waals surface area (Å²) >= 11 is 0. The average Bonchev–Trinajstić information content (AvgIpc) is 2.85. The fourth-order valence-electron chi connectivity index (χ4n) is 1.59. The molecular formula is C11H7N2O. The zero-order valence-electron chi connectivity index (χ0n) is 7.32. The Bertz CT molecular complexity index is 551. The highest BCUT2D eigenvalue weighted by Gasteiger charge is 2.07. The van der Waals surface area contributed by atoms with E-state index in [1.807, 2.05) is 24.4 Å². The third-order valence-electron chi connectivity index (χ3n) is 2.25. The lowest BCUT2D eigenvalue weighted by atomic mass is 10.1. The molecule has 3 heteroatoms. The van der Waals surface area contributed by atoms with E-state index in [0.717, 1.165) is 22.2 Å². The third-order valence-corrected chi connectivity index (χ3v) is 2.25. The Morgan fingerprint density at radius 3 is 3.07 bits per heavy atom. The van der Waals surface area contributed by atoms with Crippen LogP contribution in [0.5, 0.6) is 0 Å². The second-order valence-corrected chi connectivity index (χ2v) is 3.07. The van der Waals surface area contributed by atoms with Crippen molar-refractivity contribution in [1.29, 1.82) is 0 Å². The van der Waals surface area contributed by atoms with Crippen LogP contribution in [0.15, 0.2) is 41.1 Å². The lowest BCUT2D eigenvalue weighted by Crippen LogP contribution is -1.72. The molecule has 3 nitrogen and oxygen atoms in total. The Balaban J connectivity index is 2.33. The molecule has 0 saturated carbocycles. The summed E-state index contributed by atoms with van der Waals surface area (Å²) in [6.07, 6.45) is 5.96. The van der Waals surface area contributed by atoms with Crippen molar-refractivity contribution in [2.45, 2.75) is 0 Å². The summed E-state index contributed by atoms with van der Waals surface area (Å²) in [5, 5.41) is 1.15. The molecule has 0 saturated heterocycles. The van der Waals surface area contributed by atoms with E-state index in [0.29, 0.717) is 0 Å². The molecule has 2 heterocycles. The molecule has 0 fully saturated rings. The Hall–Kier alpha value is -2.03. The van der Waals surface area contributed by atoms with Crippen molar-refractivity contribution in [3.63, 3.8) is 0 Å². The van der Waals surface area contributed by atoms with Crippen molar-refractivity contribution < 1.29 is 4.42 Å². The van der Waals surface area contributed by atoms with Gasteiger partial charge in [0, 0.05) is 22.7 Å². The number of hydrogen-bond donors (Lipinski definition) is 1. The van der Waals surface area contributed by atoms with Gasteiger partial charge in [-0.1, -0.05) is 18.2 Å². The maximum absolute atomic E-state index is 4.84. The summed E-state index contributed by atoms with van der Waals surface area (Å²) in [5.41, 5.74) is 2.96. The van der Waals surface area contributed by atoms with Gasteiger partial charge in [-0.05, 0) is 6.07 Å². The number of aromatic nitrogens is 2. The van der Waals surface area contributed by atoms with Gasteiger partial charge in [-0.25, -0.2) is 4.98 Å². The monoisotopic (exact) mass is 183 g/mol. The zero-order valence-corrected chi connectivity index (χ0v) is 7.32. The van der Waals surface area contributed by atoms with E-state index in [2.05, 4.69) is 22.4 Å². The van der Waals surface area contributed by atoms with Crippen molar-refractivity contribution in [3.8, 4) is 11.3 Å². The van der Waals surface area contributed by atoms with E-state index in [9.17, 15) is 0 Å². The lowest BCUT2D eigenvalue weighted by Gasteiger charge is -1.91. The predicted molar refractivity (Wildman–Crippen MR) is 52.6 cm³/mol.